The van der Waals surface area contributed by atoms with Crippen LogP contribution in [0.5, 0.6) is 5.88 Å². The van der Waals surface area contributed by atoms with Gasteiger partial charge in [-0.2, -0.15) is 0 Å². The normalized spacial score (nSPS) is 23.6. The first-order valence-corrected chi connectivity index (χ1v) is 9.42. The SMILES string of the molecule is Cc1ncsc1CN1CC2(CC(Oc3ccccn3)CS2)C1. The van der Waals surface area contributed by atoms with Gasteiger partial charge in [0.15, 0.2) is 0 Å². The number of thiazole rings is 1. The number of thioether (sulfide) groups is 1. The van der Waals surface area contributed by atoms with E-state index in [1.807, 2.05) is 23.7 Å². The molecule has 2 saturated heterocycles. The minimum Gasteiger partial charge on any atom is -0.473 e. The van der Waals surface area contributed by atoms with Crippen molar-refractivity contribution in [3.8, 4) is 5.88 Å². The van der Waals surface area contributed by atoms with E-state index in [0.29, 0.717) is 10.9 Å². The Morgan fingerprint density at radius 3 is 3.00 bits per heavy atom. The highest BCUT2D eigenvalue weighted by Gasteiger charge is 2.49. The Morgan fingerprint density at radius 1 is 1.36 bits per heavy atom. The molecule has 1 unspecified atom stereocenters. The number of aromatic nitrogens is 2. The topological polar surface area (TPSA) is 38.2 Å². The first kappa shape index (κ1) is 14.5. The van der Waals surface area contributed by atoms with Gasteiger partial charge < -0.3 is 4.74 Å². The number of likely N-dealkylation sites (tertiary alicyclic amines) is 1. The predicted octanol–water partition coefficient (Wildman–Crippen LogP) is 2.99. The maximum absolute atomic E-state index is 6.01. The molecule has 6 heteroatoms. The smallest absolute Gasteiger partial charge is 0.213 e. The molecule has 0 radical (unpaired) electrons. The lowest BCUT2D eigenvalue weighted by Gasteiger charge is -2.47. The molecule has 1 spiro atoms. The summed E-state index contributed by atoms with van der Waals surface area (Å²) in [5.74, 6) is 1.82. The summed E-state index contributed by atoms with van der Waals surface area (Å²) in [7, 11) is 0. The summed E-state index contributed by atoms with van der Waals surface area (Å²) in [5.41, 5.74) is 3.13. The van der Waals surface area contributed by atoms with Crippen LogP contribution >= 0.6 is 23.1 Å². The first-order chi connectivity index (χ1) is 10.7. The van der Waals surface area contributed by atoms with E-state index in [2.05, 4.69) is 33.6 Å². The van der Waals surface area contributed by atoms with E-state index in [-0.39, 0.29) is 0 Å². The summed E-state index contributed by atoms with van der Waals surface area (Å²) in [5, 5.41) is 0. The van der Waals surface area contributed by atoms with Crippen LogP contribution < -0.4 is 4.74 Å². The molecule has 4 heterocycles. The van der Waals surface area contributed by atoms with Gasteiger partial charge in [0, 0.05) is 53.7 Å². The van der Waals surface area contributed by atoms with Crippen LogP contribution in [0.3, 0.4) is 0 Å². The van der Waals surface area contributed by atoms with Gasteiger partial charge in [-0.3, -0.25) is 4.90 Å². The standard InChI is InChI=1S/C16H19N3OS2/c1-12-14(21-11-18-12)7-19-9-16(10-19)6-13(8-22-16)20-15-4-2-3-5-17-15/h2-5,11,13H,6-10H2,1H3. The van der Waals surface area contributed by atoms with Crippen LogP contribution in [0.2, 0.25) is 0 Å². The van der Waals surface area contributed by atoms with E-state index in [0.717, 1.165) is 37.7 Å². The Bertz CT molecular complexity index is 640. The van der Waals surface area contributed by atoms with E-state index in [4.69, 9.17) is 4.74 Å². The summed E-state index contributed by atoms with van der Waals surface area (Å²) in [6.45, 7) is 5.47. The lowest BCUT2D eigenvalue weighted by Crippen LogP contribution is -2.58. The fourth-order valence-corrected chi connectivity index (χ4v) is 5.64. The van der Waals surface area contributed by atoms with Crippen LogP contribution in [0.1, 0.15) is 17.0 Å². The molecule has 1 atom stereocenters. The number of aryl methyl sites for hydroxylation is 1. The molecular weight excluding hydrogens is 314 g/mol. The maximum atomic E-state index is 6.01. The third-order valence-corrected chi connectivity index (χ3v) is 6.83. The van der Waals surface area contributed by atoms with Gasteiger partial charge in [0.1, 0.15) is 6.10 Å². The monoisotopic (exact) mass is 333 g/mol. The second-order valence-electron chi connectivity index (χ2n) is 6.11. The summed E-state index contributed by atoms with van der Waals surface area (Å²) in [4.78, 5) is 12.5. The molecule has 2 aromatic heterocycles. The molecule has 2 fully saturated rings. The van der Waals surface area contributed by atoms with Crippen molar-refractivity contribution in [1.82, 2.24) is 14.9 Å². The van der Waals surface area contributed by atoms with Gasteiger partial charge in [0.2, 0.25) is 5.88 Å². The third kappa shape index (κ3) is 2.87. The largest absolute Gasteiger partial charge is 0.473 e. The molecule has 0 aromatic carbocycles. The summed E-state index contributed by atoms with van der Waals surface area (Å²) < 4.78 is 6.41. The highest BCUT2D eigenvalue weighted by molar-refractivity contribution is 8.01. The highest BCUT2D eigenvalue weighted by atomic mass is 32.2. The minimum atomic E-state index is 0.298. The fourth-order valence-electron chi connectivity index (χ4n) is 3.25. The van der Waals surface area contributed by atoms with E-state index >= 15 is 0 Å². The van der Waals surface area contributed by atoms with Gasteiger partial charge in [-0.1, -0.05) is 6.07 Å². The van der Waals surface area contributed by atoms with Crippen molar-refractivity contribution in [2.75, 3.05) is 18.8 Å². The van der Waals surface area contributed by atoms with Crippen molar-refractivity contribution in [2.45, 2.75) is 30.7 Å². The molecule has 0 amide bonds. The van der Waals surface area contributed by atoms with Crippen molar-refractivity contribution in [2.24, 2.45) is 0 Å². The molecule has 22 heavy (non-hydrogen) atoms. The minimum absolute atomic E-state index is 0.298. The lowest BCUT2D eigenvalue weighted by atomic mass is 9.93. The molecule has 2 aromatic rings. The number of rotatable bonds is 4. The van der Waals surface area contributed by atoms with Crippen LogP contribution in [0.15, 0.2) is 29.9 Å². The zero-order chi connectivity index (χ0) is 15.0. The van der Waals surface area contributed by atoms with E-state index < -0.39 is 0 Å². The van der Waals surface area contributed by atoms with Crippen LogP contribution in [-0.2, 0) is 6.54 Å². The molecular formula is C16H19N3OS2. The van der Waals surface area contributed by atoms with Crippen molar-refractivity contribution >= 4 is 23.1 Å². The van der Waals surface area contributed by atoms with Crippen molar-refractivity contribution in [1.29, 1.82) is 0 Å². The average Bonchev–Trinajstić information content (AvgIpc) is 3.07. The van der Waals surface area contributed by atoms with Crippen LogP contribution in [0.25, 0.3) is 0 Å². The van der Waals surface area contributed by atoms with Gasteiger partial charge in [-0.05, 0) is 13.0 Å². The van der Waals surface area contributed by atoms with Gasteiger partial charge in [-0.15, -0.1) is 23.1 Å². The van der Waals surface area contributed by atoms with Gasteiger partial charge in [0.25, 0.3) is 0 Å². The highest BCUT2D eigenvalue weighted by Crippen LogP contribution is 2.46. The molecule has 2 aliphatic rings. The molecule has 4 rings (SSSR count). The molecule has 2 aliphatic heterocycles. The van der Waals surface area contributed by atoms with Gasteiger partial charge in [0.05, 0.1) is 11.2 Å². The number of nitrogens with zero attached hydrogens (tertiary/aromatic N) is 3. The summed E-state index contributed by atoms with van der Waals surface area (Å²) >= 11 is 3.84. The third-order valence-electron chi connectivity index (χ3n) is 4.34. The fraction of sp³-hybridized carbons (Fsp3) is 0.500. The molecule has 4 nitrogen and oxygen atoms in total. The lowest BCUT2D eigenvalue weighted by molar-refractivity contribution is 0.0915. The Kier molecular flexibility index (Phi) is 3.84. The average molecular weight is 333 g/mol. The second kappa shape index (κ2) is 5.83. The van der Waals surface area contributed by atoms with Crippen LogP contribution in [-0.4, -0.2) is 44.6 Å². The molecule has 0 aliphatic carbocycles. The molecule has 116 valence electrons. The number of hydrogen-bond donors (Lipinski definition) is 0. The predicted molar refractivity (Wildman–Crippen MR) is 90.6 cm³/mol. The molecule has 0 bridgehead atoms. The van der Waals surface area contributed by atoms with Crippen molar-refractivity contribution in [3.63, 3.8) is 0 Å². The second-order valence-corrected chi connectivity index (χ2v) is 8.54. The number of hydrogen-bond acceptors (Lipinski definition) is 6. The van der Waals surface area contributed by atoms with Gasteiger partial charge in [-0.25, -0.2) is 9.97 Å². The Morgan fingerprint density at radius 2 is 2.27 bits per heavy atom. The zero-order valence-corrected chi connectivity index (χ0v) is 14.2. The quantitative estimate of drug-likeness (QED) is 0.860. The van der Waals surface area contributed by atoms with Gasteiger partial charge >= 0.3 is 0 Å². The maximum Gasteiger partial charge on any atom is 0.213 e. The van der Waals surface area contributed by atoms with E-state index in [9.17, 15) is 0 Å². The van der Waals surface area contributed by atoms with Crippen molar-refractivity contribution in [3.05, 3.63) is 40.5 Å². The van der Waals surface area contributed by atoms with E-state index in [1.54, 1.807) is 17.5 Å². The Hall–Kier alpha value is -1.11. The number of pyridine rings is 1. The van der Waals surface area contributed by atoms with Crippen molar-refractivity contribution < 1.29 is 4.74 Å². The summed E-state index contributed by atoms with van der Waals surface area (Å²) in [6, 6.07) is 5.83. The first-order valence-electron chi connectivity index (χ1n) is 7.55. The molecule has 0 saturated carbocycles. The van der Waals surface area contributed by atoms with Crippen LogP contribution in [0.4, 0.5) is 0 Å². The van der Waals surface area contributed by atoms with E-state index in [1.165, 1.54) is 10.6 Å². The zero-order valence-electron chi connectivity index (χ0n) is 12.6. The number of ether oxygens (including phenoxy) is 1. The Balaban J connectivity index is 1.30. The molecule has 0 N–H and O–H groups in total. The summed E-state index contributed by atoms with van der Waals surface area (Å²) in [6.07, 6.45) is 3.22. The van der Waals surface area contributed by atoms with Crippen LogP contribution in [0, 0.1) is 6.92 Å². The Labute approximate surface area is 138 Å².